The summed E-state index contributed by atoms with van der Waals surface area (Å²) >= 11 is 12.2. The lowest BCUT2D eigenvalue weighted by Gasteiger charge is -2.15. The van der Waals surface area contributed by atoms with Gasteiger partial charge < -0.3 is 10.6 Å². The zero-order valence-electron chi connectivity index (χ0n) is 22.6. The summed E-state index contributed by atoms with van der Waals surface area (Å²) in [7, 11) is -3.47. The number of halogens is 8. The number of alkyl halides is 6. The Labute approximate surface area is 256 Å². The molecule has 3 N–H and O–H groups in total. The predicted octanol–water partition coefficient (Wildman–Crippen LogP) is 4.97. The molecule has 0 spiro atoms. The first-order valence-corrected chi connectivity index (χ1v) is 15.0. The first kappa shape index (κ1) is 34.7. The van der Waals surface area contributed by atoms with Crippen LogP contribution in [0.3, 0.4) is 0 Å². The van der Waals surface area contributed by atoms with Gasteiger partial charge in [0.25, 0.3) is 11.8 Å². The SMILES string of the molecule is Cc1cc(Cl)cc(C(=O)NCCCC=S(C)(=O)NC(=O)C(F)(F)F)c1NC(=O)c1cc(C(F)(F)F)nn1-c1ncccc1Cl. The average molecular weight is 687 g/mol. The molecule has 0 bridgehead atoms. The van der Waals surface area contributed by atoms with Gasteiger partial charge in [-0.1, -0.05) is 23.2 Å². The number of amides is 3. The quantitative estimate of drug-likeness (QED) is 0.165. The molecule has 0 aliphatic rings. The van der Waals surface area contributed by atoms with Crippen LogP contribution in [-0.4, -0.2) is 61.0 Å². The summed E-state index contributed by atoms with van der Waals surface area (Å²) in [6, 6.07) is 5.84. The van der Waals surface area contributed by atoms with E-state index in [9.17, 15) is 44.9 Å². The monoisotopic (exact) mass is 686 g/mol. The second-order valence-electron chi connectivity index (χ2n) is 9.13. The summed E-state index contributed by atoms with van der Waals surface area (Å²) in [6.07, 6.45) is -7.97. The molecule has 0 fully saturated rings. The number of nitrogens with one attached hydrogen (secondary N) is 3. The van der Waals surface area contributed by atoms with E-state index in [2.05, 4.69) is 20.7 Å². The molecule has 1 unspecified atom stereocenters. The van der Waals surface area contributed by atoms with Crippen LogP contribution >= 0.6 is 23.2 Å². The van der Waals surface area contributed by atoms with E-state index >= 15 is 0 Å². The fourth-order valence-electron chi connectivity index (χ4n) is 3.63. The lowest BCUT2D eigenvalue weighted by molar-refractivity contribution is -0.171. The summed E-state index contributed by atoms with van der Waals surface area (Å²) < 4.78 is 91.9. The number of carbonyl (C=O) groups excluding carboxylic acids is 3. The molecule has 0 aliphatic carbocycles. The molecule has 0 saturated heterocycles. The molecule has 3 aromatic rings. The molecular formula is C25H22Cl2F6N6O4S. The van der Waals surface area contributed by atoms with Crippen molar-refractivity contribution in [3.05, 3.63) is 69.1 Å². The topological polar surface area (TPSA) is 135 Å². The van der Waals surface area contributed by atoms with Crippen molar-refractivity contribution in [2.75, 3.05) is 18.1 Å². The first-order chi connectivity index (χ1) is 20.3. The standard InChI is InChI=1S/C25H22Cl2F6N6O4S/c1-13-10-14(26)11-15(21(40)35-7-3-4-9-44(2,43)38-23(42)25(31,32)33)19(13)36-22(41)17-12-18(24(28,29)30)37-39(17)20-16(27)6-5-8-34-20/h5-6,8-12H,3-4,7H2,1-2H3,(H,35,40)(H,36,41)(H,38,42,43). The van der Waals surface area contributed by atoms with E-state index in [1.165, 1.54) is 42.1 Å². The maximum atomic E-state index is 13.5. The summed E-state index contributed by atoms with van der Waals surface area (Å²) in [5, 5.41) is 9.34. The molecule has 2 heterocycles. The van der Waals surface area contributed by atoms with Gasteiger partial charge in [-0.2, -0.15) is 31.4 Å². The number of aromatic nitrogens is 3. The third kappa shape index (κ3) is 8.86. The Kier molecular flexibility index (Phi) is 10.6. The van der Waals surface area contributed by atoms with Gasteiger partial charge in [-0.25, -0.2) is 13.9 Å². The second kappa shape index (κ2) is 13.4. The van der Waals surface area contributed by atoms with Crippen molar-refractivity contribution >= 4 is 61.7 Å². The molecule has 2 aromatic heterocycles. The van der Waals surface area contributed by atoms with Crippen LogP contribution in [0.5, 0.6) is 0 Å². The first-order valence-electron chi connectivity index (χ1n) is 12.2. The number of hydrogen-bond acceptors (Lipinski definition) is 6. The van der Waals surface area contributed by atoms with Crippen LogP contribution in [0.4, 0.5) is 32.0 Å². The minimum Gasteiger partial charge on any atom is -0.352 e. The van der Waals surface area contributed by atoms with E-state index in [0.717, 1.165) is 11.6 Å². The highest BCUT2D eigenvalue weighted by molar-refractivity contribution is 7.99. The second-order valence-corrected chi connectivity index (χ2v) is 12.3. The minimum atomic E-state index is -5.21. The number of hydrogen-bond donors (Lipinski definition) is 3. The van der Waals surface area contributed by atoms with E-state index < -0.39 is 51.2 Å². The number of anilines is 1. The van der Waals surface area contributed by atoms with Gasteiger partial charge in [0, 0.05) is 39.8 Å². The molecule has 44 heavy (non-hydrogen) atoms. The molecule has 0 saturated carbocycles. The van der Waals surface area contributed by atoms with E-state index in [0.29, 0.717) is 10.7 Å². The molecule has 19 heteroatoms. The summed E-state index contributed by atoms with van der Waals surface area (Å²) in [4.78, 5) is 41.2. The van der Waals surface area contributed by atoms with Crippen molar-refractivity contribution in [3.8, 4) is 5.82 Å². The average Bonchev–Trinajstić information content (AvgIpc) is 3.35. The third-order valence-corrected chi connectivity index (χ3v) is 7.59. The van der Waals surface area contributed by atoms with Crippen molar-refractivity contribution < 1.29 is 44.9 Å². The summed E-state index contributed by atoms with van der Waals surface area (Å²) in [6.45, 7) is 1.39. The molecule has 1 atom stereocenters. The maximum absolute atomic E-state index is 13.5. The molecule has 3 rings (SSSR count). The lowest BCUT2D eigenvalue weighted by Crippen LogP contribution is -2.40. The Morgan fingerprint density at radius 2 is 1.75 bits per heavy atom. The van der Waals surface area contributed by atoms with Gasteiger partial charge in [0.05, 0.1) is 16.3 Å². The molecule has 0 aliphatic heterocycles. The Bertz CT molecular complexity index is 1720. The maximum Gasteiger partial charge on any atom is 0.472 e. The van der Waals surface area contributed by atoms with Gasteiger partial charge in [-0.15, -0.1) is 0 Å². The normalized spacial score (nSPS) is 13.1. The van der Waals surface area contributed by atoms with E-state index in [4.69, 9.17) is 23.2 Å². The van der Waals surface area contributed by atoms with E-state index in [1.807, 2.05) is 0 Å². The lowest BCUT2D eigenvalue weighted by atomic mass is 10.1. The fraction of sp³-hybridized carbons (Fsp3) is 0.280. The largest absolute Gasteiger partial charge is 0.472 e. The van der Waals surface area contributed by atoms with Gasteiger partial charge in [0.15, 0.2) is 11.5 Å². The van der Waals surface area contributed by atoms with Crippen LogP contribution in [0.1, 0.15) is 44.9 Å². The number of benzene rings is 1. The fourth-order valence-corrected chi connectivity index (χ4v) is 5.29. The van der Waals surface area contributed by atoms with Crippen molar-refractivity contribution in [2.45, 2.75) is 32.1 Å². The Balaban J connectivity index is 1.81. The summed E-state index contributed by atoms with van der Waals surface area (Å²) in [5.74, 6) is -4.49. The molecule has 1 aromatic carbocycles. The number of carbonyl (C=O) groups is 3. The molecule has 10 nitrogen and oxygen atoms in total. The predicted molar refractivity (Wildman–Crippen MR) is 151 cm³/mol. The highest BCUT2D eigenvalue weighted by Crippen LogP contribution is 2.32. The van der Waals surface area contributed by atoms with Crippen LogP contribution in [-0.2, 0) is 20.7 Å². The Hall–Kier alpha value is -3.83. The van der Waals surface area contributed by atoms with Crippen LogP contribution in [0, 0.1) is 6.92 Å². The molecule has 238 valence electrons. The number of unbranched alkanes of at least 4 members (excludes halogenated alkanes) is 1. The van der Waals surface area contributed by atoms with Gasteiger partial charge in [-0.05, 0) is 55.0 Å². The van der Waals surface area contributed by atoms with Crippen LogP contribution in [0.25, 0.3) is 5.82 Å². The van der Waals surface area contributed by atoms with Crippen LogP contribution in [0.15, 0.2) is 36.5 Å². The Morgan fingerprint density at radius 1 is 1.07 bits per heavy atom. The molecular weight excluding hydrogens is 665 g/mol. The third-order valence-electron chi connectivity index (χ3n) is 5.61. The van der Waals surface area contributed by atoms with Crippen LogP contribution in [0.2, 0.25) is 10.0 Å². The number of nitrogens with zero attached hydrogens (tertiary/aromatic N) is 3. The van der Waals surface area contributed by atoms with Gasteiger partial charge in [-0.3, -0.25) is 19.1 Å². The van der Waals surface area contributed by atoms with Crippen LogP contribution < -0.4 is 15.4 Å². The van der Waals surface area contributed by atoms with Gasteiger partial charge in [0.1, 0.15) is 5.69 Å². The Morgan fingerprint density at radius 3 is 2.36 bits per heavy atom. The van der Waals surface area contributed by atoms with E-state index in [1.54, 1.807) is 0 Å². The molecule has 3 amide bonds. The van der Waals surface area contributed by atoms with Crippen molar-refractivity contribution in [3.63, 3.8) is 0 Å². The highest BCUT2D eigenvalue weighted by Gasteiger charge is 2.40. The van der Waals surface area contributed by atoms with Gasteiger partial charge >= 0.3 is 18.3 Å². The zero-order chi connectivity index (χ0) is 33.0. The van der Waals surface area contributed by atoms with E-state index in [-0.39, 0.29) is 52.1 Å². The summed E-state index contributed by atoms with van der Waals surface area (Å²) in [5.41, 5.74) is -1.99. The van der Waals surface area contributed by atoms with Crippen molar-refractivity contribution in [1.29, 1.82) is 0 Å². The highest BCUT2D eigenvalue weighted by atomic mass is 35.5. The minimum absolute atomic E-state index is 0.0620. The number of aryl methyl sites for hydroxylation is 1. The zero-order valence-corrected chi connectivity index (χ0v) is 24.9. The van der Waals surface area contributed by atoms with Crippen molar-refractivity contribution in [1.82, 2.24) is 24.8 Å². The number of rotatable bonds is 9. The molecule has 0 radical (unpaired) electrons. The van der Waals surface area contributed by atoms with Gasteiger partial charge in [0.2, 0.25) is 0 Å². The van der Waals surface area contributed by atoms with Crippen molar-refractivity contribution in [2.24, 2.45) is 0 Å². The smallest absolute Gasteiger partial charge is 0.352 e. The number of pyridine rings is 1.